The summed E-state index contributed by atoms with van der Waals surface area (Å²) in [5.41, 5.74) is 2.94. The molecule has 0 unspecified atom stereocenters. The maximum atomic E-state index is 12.3. The van der Waals surface area contributed by atoms with Gasteiger partial charge in [-0.15, -0.1) is 22.7 Å². The molecule has 0 radical (unpaired) electrons. The van der Waals surface area contributed by atoms with Gasteiger partial charge < -0.3 is 0 Å². The van der Waals surface area contributed by atoms with E-state index in [9.17, 15) is 4.79 Å². The minimum Gasteiger partial charge on any atom is -0.291 e. The summed E-state index contributed by atoms with van der Waals surface area (Å²) in [7, 11) is 0. The van der Waals surface area contributed by atoms with E-state index in [2.05, 4.69) is 9.97 Å². The number of aryl methyl sites for hydroxylation is 3. The van der Waals surface area contributed by atoms with Crippen molar-refractivity contribution in [3.8, 4) is 0 Å². The molecule has 6 heteroatoms. The van der Waals surface area contributed by atoms with Crippen LogP contribution in [0.5, 0.6) is 0 Å². The van der Waals surface area contributed by atoms with E-state index in [0.29, 0.717) is 6.54 Å². The smallest absolute Gasteiger partial charge is 0.271 e. The second-order valence-electron chi connectivity index (χ2n) is 4.52. The van der Waals surface area contributed by atoms with Gasteiger partial charge in [0.05, 0.1) is 24.1 Å². The highest BCUT2D eigenvalue weighted by Gasteiger charge is 2.10. The van der Waals surface area contributed by atoms with Crippen molar-refractivity contribution in [2.24, 2.45) is 0 Å². The number of rotatable bonds is 2. The Kier molecular flexibility index (Phi) is 2.99. The molecule has 19 heavy (non-hydrogen) atoms. The lowest BCUT2D eigenvalue weighted by Crippen LogP contribution is -2.20. The van der Waals surface area contributed by atoms with Gasteiger partial charge in [-0.25, -0.2) is 9.97 Å². The average Bonchev–Trinajstić information content (AvgIpc) is 2.88. The molecule has 0 N–H and O–H groups in total. The third-order valence-corrected chi connectivity index (χ3v) is 5.23. The number of nitrogens with zero attached hydrogens (tertiary/aromatic N) is 3. The first kappa shape index (κ1) is 12.5. The molecular weight excluding hydrogens is 278 g/mol. The van der Waals surface area contributed by atoms with Crippen molar-refractivity contribution in [1.29, 1.82) is 0 Å². The van der Waals surface area contributed by atoms with E-state index in [0.717, 1.165) is 26.5 Å². The Bertz CT molecular complexity index is 794. The van der Waals surface area contributed by atoms with Gasteiger partial charge in [-0.1, -0.05) is 0 Å². The third-order valence-electron chi connectivity index (χ3n) is 3.10. The number of hydrogen-bond donors (Lipinski definition) is 0. The minimum absolute atomic E-state index is 0.0219. The molecule has 0 aliphatic heterocycles. The van der Waals surface area contributed by atoms with Crippen molar-refractivity contribution in [3.05, 3.63) is 43.2 Å². The van der Waals surface area contributed by atoms with Gasteiger partial charge in [0.1, 0.15) is 9.71 Å². The van der Waals surface area contributed by atoms with Gasteiger partial charge in [0.15, 0.2) is 0 Å². The fourth-order valence-electron chi connectivity index (χ4n) is 1.93. The van der Waals surface area contributed by atoms with Crippen LogP contribution in [0.3, 0.4) is 0 Å². The SMILES string of the molecule is Cc1nc(Cn2cnc3c(C)csc3c2=O)sc1C. The summed E-state index contributed by atoms with van der Waals surface area (Å²) in [5, 5.41) is 2.92. The van der Waals surface area contributed by atoms with Crippen molar-refractivity contribution in [2.45, 2.75) is 27.3 Å². The van der Waals surface area contributed by atoms with Crippen LogP contribution in [-0.4, -0.2) is 14.5 Å². The van der Waals surface area contributed by atoms with Gasteiger partial charge in [0.2, 0.25) is 0 Å². The predicted molar refractivity (Wildman–Crippen MR) is 79.3 cm³/mol. The average molecular weight is 291 g/mol. The lowest BCUT2D eigenvalue weighted by molar-refractivity contribution is 0.743. The van der Waals surface area contributed by atoms with Crippen LogP contribution in [0.1, 0.15) is 21.1 Å². The lowest BCUT2D eigenvalue weighted by atomic mass is 10.3. The molecule has 0 aliphatic rings. The van der Waals surface area contributed by atoms with E-state index in [1.54, 1.807) is 22.2 Å². The number of thiazole rings is 1. The Morgan fingerprint density at radius 3 is 2.79 bits per heavy atom. The van der Waals surface area contributed by atoms with Gasteiger partial charge in [0.25, 0.3) is 5.56 Å². The maximum Gasteiger partial charge on any atom is 0.271 e. The molecule has 3 heterocycles. The van der Waals surface area contributed by atoms with E-state index in [1.807, 2.05) is 26.2 Å². The van der Waals surface area contributed by atoms with Crippen LogP contribution in [0, 0.1) is 20.8 Å². The number of fused-ring (bicyclic) bond motifs is 1. The molecule has 0 spiro atoms. The van der Waals surface area contributed by atoms with Crippen molar-refractivity contribution in [3.63, 3.8) is 0 Å². The van der Waals surface area contributed by atoms with Gasteiger partial charge in [0, 0.05) is 4.88 Å². The molecule has 4 nitrogen and oxygen atoms in total. The normalized spacial score (nSPS) is 11.3. The monoisotopic (exact) mass is 291 g/mol. The van der Waals surface area contributed by atoms with Crippen molar-refractivity contribution in [1.82, 2.24) is 14.5 Å². The molecule has 3 aromatic rings. The zero-order valence-electron chi connectivity index (χ0n) is 10.9. The van der Waals surface area contributed by atoms with Crippen molar-refractivity contribution in [2.75, 3.05) is 0 Å². The summed E-state index contributed by atoms with van der Waals surface area (Å²) in [5.74, 6) is 0. The molecule has 0 bridgehead atoms. The van der Waals surface area contributed by atoms with Crippen LogP contribution in [0.25, 0.3) is 10.2 Å². The zero-order chi connectivity index (χ0) is 13.6. The number of aromatic nitrogens is 3. The zero-order valence-corrected chi connectivity index (χ0v) is 12.6. The van der Waals surface area contributed by atoms with Crippen LogP contribution in [0.15, 0.2) is 16.5 Å². The minimum atomic E-state index is 0.0219. The maximum absolute atomic E-state index is 12.3. The molecular formula is C13H13N3OS2. The second-order valence-corrected chi connectivity index (χ2v) is 6.69. The van der Waals surface area contributed by atoms with Crippen molar-refractivity contribution >= 4 is 32.9 Å². The van der Waals surface area contributed by atoms with Crippen molar-refractivity contribution < 1.29 is 0 Å². The molecule has 0 atom stereocenters. The summed E-state index contributed by atoms with van der Waals surface area (Å²) < 4.78 is 2.36. The highest BCUT2D eigenvalue weighted by molar-refractivity contribution is 7.17. The van der Waals surface area contributed by atoms with Gasteiger partial charge in [-0.3, -0.25) is 9.36 Å². The summed E-state index contributed by atoms with van der Waals surface area (Å²) >= 11 is 3.09. The number of thiophene rings is 1. The summed E-state index contributed by atoms with van der Waals surface area (Å²) in [6, 6.07) is 0. The molecule has 0 aromatic carbocycles. The molecule has 98 valence electrons. The number of hydrogen-bond acceptors (Lipinski definition) is 5. The van der Waals surface area contributed by atoms with Crippen LogP contribution < -0.4 is 5.56 Å². The molecule has 0 fully saturated rings. The highest BCUT2D eigenvalue weighted by atomic mass is 32.1. The van der Waals surface area contributed by atoms with Crippen LogP contribution in [-0.2, 0) is 6.54 Å². The fourth-order valence-corrected chi connectivity index (χ4v) is 3.81. The summed E-state index contributed by atoms with van der Waals surface area (Å²) in [6.07, 6.45) is 1.62. The molecule has 0 saturated carbocycles. The highest BCUT2D eigenvalue weighted by Crippen LogP contribution is 2.20. The van der Waals surface area contributed by atoms with E-state index in [1.165, 1.54) is 16.2 Å². The molecule has 0 amide bonds. The van der Waals surface area contributed by atoms with E-state index < -0.39 is 0 Å². The Morgan fingerprint density at radius 2 is 2.11 bits per heavy atom. The predicted octanol–water partition coefficient (Wildman–Crippen LogP) is 2.89. The van der Waals surface area contributed by atoms with E-state index >= 15 is 0 Å². The first-order valence-electron chi connectivity index (χ1n) is 5.92. The Hall–Kier alpha value is -1.53. The lowest BCUT2D eigenvalue weighted by Gasteiger charge is -2.02. The molecule has 3 aromatic heterocycles. The Morgan fingerprint density at radius 1 is 1.32 bits per heavy atom. The fraction of sp³-hybridized carbons (Fsp3) is 0.308. The standard InChI is InChI=1S/C13H13N3OS2/c1-7-5-18-12-11(7)14-6-16(13(12)17)4-10-15-8(2)9(3)19-10/h5-6H,4H2,1-3H3. The molecule has 3 rings (SSSR count). The topological polar surface area (TPSA) is 47.8 Å². The first-order valence-corrected chi connectivity index (χ1v) is 7.62. The summed E-state index contributed by atoms with van der Waals surface area (Å²) in [4.78, 5) is 22.4. The Balaban J connectivity index is 2.06. The first-order chi connectivity index (χ1) is 9.06. The summed E-state index contributed by atoms with van der Waals surface area (Å²) in [6.45, 7) is 6.51. The van der Waals surface area contributed by atoms with Gasteiger partial charge >= 0.3 is 0 Å². The molecule has 0 saturated heterocycles. The van der Waals surface area contributed by atoms with Gasteiger partial charge in [-0.2, -0.15) is 0 Å². The Labute approximate surface area is 118 Å². The third kappa shape index (κ3) is 2.11. The quantitative estimate of drug-likeness (QED) is 0.729. The van der Waals surface area contributed by atoms with Crippen LogP contribution in [0.4, 0.5) is 0 Å². The largest absolute Gasteiger partial charge is 0.291 e. The van der Waals surface area contributed by atoms with E-state index in [-0.39, 0.29) is 5.56 Å². The van der Waals surface area contributed by atoms with Gasteiger partial charge in [-0.05, 0) is 31.7 Å². The van der Waals surface area contributed by atoms with Crippen LogP contribution in [0.2, 0.25) is 0 Å². The second kappa shape index (κ2) is 4.54. The van der Waals surface area contributed by atoms with E-state index in [4.69, 9.17) is 0 Å². The van der Waals surface area contributed by atoms with Crippen LogP contribution >= 0.6 is 22.7 Å². The molecule has 0 aliphatic carbocycles.